The first-order valence-corrected chi connectivity index (χ1v) is 6.47. The molecule has 2 nitrogen and oxygen atoms in total. The molecule has 0 heterocycles. The van der Waals surface area contributed by atoms with E-state index in [9.17, 15) is 4.79 Å². The van der Waals surface area contributed by atoms with Gasteiger partial charge in [-0.2, -0.15) is 0 Å². The molecule has 0 amide bonds. The Kier molecular flexibility index (Phi) is 4.04. The Balaban J connectivity index is 2.21. The van der Waals surface area contributed by atoms with Crippen molar-refractivity contribution < 1.29 is 9.53 Å². The summed E-state index contributed by atoms with van der Waals surface area (Å²) in [5, 5.41) is 0.640. The zero-order valence-corrected chi connectivity index (χ0v) is 12.0. The third-order valence-electron chi connectivity index (χ3n) is 2.38. The molecule has 0 bridgehead atoms. The smallest absolute Gasteiger partial charge is 0.159 e. The molecule has 0 aliphatic carbocycles. The molecule has 0 saturated carbocycles. The second-order valence-electron chi connectivity index (χ2n) is 3.76. The Morgan fingerprint density at radius 1 is 1.17 bits per heavy atom. The van der Waals surface area contributed by atoms with Gasteiger partial charge in [0.1, 0.15) is 11.5 Å². The second-order valence-corrected chi connectivity index (χ2v) is 5.05. The van der Waals surface area contributed by atoms with Gasteiger partial charge < -0.3 is 4.74 Å². The number of hydrogen-bond donors (Lipinski definition) is 0. The average molecular weight is 326 g/mol. The summed E-state index contributed by atoms with van der Waals surface area (Å²) in [6, 6.07) is 12.3. The van der Waals surface area contributed by atoms with Gasteiger partial charge in [0.25, 0.3) is 0 Å². The minimum absolute atomic E-state index is 0.0363. The summed E-state index contributed by atoms with van der Waals surface area (Å²) in [7, 11) is 0. The third kappa shape index (κ3) is 3.12. The van der Waals surface area contributed by atoms with E-state index in [2.05, 4.69) is 15.9 Å². The van der Waals surface area contributed by atoms with Gasteiger partial charge in [-0.05, 0) is 65.3 Å². The lowest BCUT2D eigenvalue weighted by atomic mass is 10.1. The molecular formula is C14H10BrClO2. The van der Waals surface area contributed by atoms with E-state index in [1.54, 1.807) is 42.5 Å². The molecule has 0 radical (unpaired) electrons. The van der Waals surface area contributed by atoms with E-state index >= 15 is 0 Å². The lowest BCUT2D eigenvalue weighted by Crippen LogP contribution is -1.91. The maximum absolute atomic E-state index is 11.1. The zero-order valence-electron chi connectivity index (χ0n) is 9.61. The standard InChI is InChI=1S/C14H10BrClO2/c1-9(17)10-2-5-12(6-3-10)18-14-7-4-11(16)8-13(14)15/h2-8H,1H3. The first-order valence-electron chi connectivity index (χ1n) is 5.30. The third-order valence-corrected chi connectivity index (χ3v) is 3.24. The van der Waals surface area contributed by atoms with Gasteiger partial charge in [-0.25, -0.2) is 0 Å². The topological polar surface area (TPSA) is 26.3 Å². The quantitative estimate of drug-likeness (QED) is 0.734. The van der Waals surface area contributed by atoms with Crippen LogP contribution in [0.25, 0.3) is 0 Å². The van der Waals surface area contributed by atoms with Crippen LogP contribution in [0.2, 0.25) is 5.02 Å². The second kappa shape index (κ2) is 5.55. The molecule has 2 rings (SSSR count). The van der Waals surface area contributed by atoms with Gasteiger partial charge in [-0.3, -0.25) is 4.79 Å². The molecule has 0 atom stereocenters. The molecule has 18 heavy (non-hydrogen) atoms. The average Bonchev–Trinajstić information content (AvgIpc) is 2.33. The molecule has 0 aliphatic heterocycles. The SMILES string of the molecule is CC(=O)c1ccc(Oc2ccc(Cl)cc2Br)cc1. The van der Waals surface area contributed by atoms with Crippen molar-refractivity contribution in [1.29, 1.82) is 0 Å². The Hall–Kier alpha value is -1.32. The summed E-state index contributed by atoms with van der Waals surface area (Å²) < 4.78 is 6.47. The number of carbonyl (C=O) groups is 1. The lowest BCUT2D eigenvalue weighted by Gasteiger charge is -2.08. The van der Waals surface area contributed by atoms with Crippen molar-refractivity contribution in [3.8, 4) is 11.5 Å². The summed E-state index contributed by atoms with van der Waals surface area (Å²) in [4.78, 5) is 11.1. The maximum atomic E-state index is 11.1. The minimum Gasteiger partial charge on any atom is -0.456 e. The van der Waals surface area contributed by atoms with E-state index in [4.69, 9.17) is 16.3 Å². The highest BCUT2D eigenvalue weighted by atomic mass is 79.9. The van der Waals surface area contributed by atoms with Crippen LogP contribution in [-0.2, 0) is 0 Å². The molecule has 2 aromatic carbocycles. The number of Topliss-reactive ketones (excluding diaryl/α,β-unsaturated/α-hetero) is 1. The van der Waals surface area contributed by atoms with E-state index in [0.29, 0.717) is 22.1 Å². The van der Waals surface area contributed by atoms with E-state index < -0.39 is 0 Å². The van der Waals surface area contributed by atoms with Gasteiger partial charge in [0.05, 0.1) is 4.47 Å². The van der Waals surface area contributed by atoms with Gasteiger partial charge in [0.2, 0.25) is 0 Å². The van der Waals surface area contributed by atoms with Gasteiger partial charge >= 0.3 is 0 Å². The highest BCUT2D eigenvalue weighted by Gasteiger charge is 2.04. The molecule has 0 saturated heterocycles. The van der Waals surface area contributed by atoms with Gasteiger partial charge in [-0.1, -0.05) is 11.6 Å². The number of carbonyl (C=O) groups excluding carboxylic acids is 1. The van der Waals surface area contributed by atoms with Gasteiger partial charge in [0.15, 0.2) is 5.78 Å². The molecule has 0 unspecified atom stereocenters. The Labute approximate surface area is 119 Å². The lowest BCUT2D eigenvalue weighted by molar-refractivity contribution is 0.101. The van der Waals surface area contributed by atoms with E-state index in [-0.39, 0.29) is 5.78 Å². The van der Waals surface area contributed by atoms with Crippen LogP contribution in [0.5, 0.6) is 11.5 Å². The first kappa shape index (κ1) is 13.1. The van der Waals surface area contributed by atoms with E-state index in [0.717, 1.165) is 4.47 Å². The zero-order chi connectivity index (χ0) is 13.1. The number of hydrogen-bond acceptors (Lipinski definition) is 2. The van der Waals surface area contributed by atoms with Gasteiger partial charge in [-0.15, -0.1) is 0 Å². The van der Waals surface area contributed by atoms with Gasteiger partial charge in [0, 0.05) is 10.6 Å². The molecule has 92 valence electrons. The molecule has 0 fully saturated rings. The van der Waals surface area contributed by atoms with Crippen LogP contribution in [0.15, 0.2) is 46.9 Å². The summed E-state index contributed by atoms with van der Waals surface area (Å²) in [6.07, 6.45) is 0. The van der Waals surface area contributed by atoms with Crippen molar-refractivity contribution in [1.82, 2.24) is 0 Å². The molecule has 0 aromatic heterocycles. The number of ether oxygens (including phenoxy) is 1. The monoisotopic (exact) mass is 324 g/mol. The number of ketones is 1. The fraction of sp³-hybridized carbons (Fsp3) is 0.0714. The van der Waals surface area contributed by atoms with Crippen LogP contribution >= 0.6 is 27.5 Å². The molecule has 0 N–H and O–H groups in total. The van der Waals surface area contributed by atoms with Crippen molar-refractivity contribution in [3.05, 3.63) is 57.5 Å². The molecule has 2 aromatic rings. The van der Waals surface area contributed by atoms with Crippen LogP contribution in [0.4, 0.5) is 0 Å². The fourth-order valence-corrected chi connectivity index (χ4v) is 2.21. The van der Waals surface area contributed by atoms with Crippen molar-refractivity contribution >= 4 is 33.3 Å². The molecule has 0 spiro atoms. The van der Waals surface area contributed by atoms with Crippen molar-refractivity contribution in [3.63, 3.8) is 0 Å². The predicted octanol–water partition coefficient (Wildman–Crippen LogP) is 5.10. The Bertz CT molecular complexity index is 579. The van der Waals surface area contributed by atoms with Crippen LogP contribution in [0.3, 0.4) is 0 Å². The Morgan fingerprint density at radius 3 is 2.39 bits per heavy atom. The Morgan fingerprint density at radius 2 is 1.83 bits per heavy atom. The number of halogens is 2. The molecule has 0 aliphatic rings. The summed E-state index contributed by atoms with van der Waals surface area (Å²) in [6.45, 7) is 1.53. The maximum Gasteiger partial charge on any atom is 0.159 e. The number of rotatable bonds is 3. The molecular weight excluding hydrogens is 316 g/mol. The fourth-order valence-electron chi connectivity index (χ4n) is 1.44. The highest BCUT2D eigenvalue weighted by Crippen LogP contribution is 2.31. The normalized spacial score (nSPS) is 10.2. The van der Waals surface area contributed by atoms with Crippen molar-refractivity contribution in [2.75, 3.05) is 0 Å². The predicted molar refractivity (Wildman–Crippen MR) is 75.7 cm³/mol. The van der Waals surface area contributed by atoms with E-state index in [1.807, 2.05) is 0 Å². The van der Waals surface area contributed by atoms with Crippen LogP contribution in [-0.4, -0.2) is 5.78 Å². The van der Waals surface area contributed by atoms with E-state index in [1.165, 1.54) is 6.92 Å². The number of benzene rings is 2. The van der Waals surface area contributed by atoms with Crippen LogP contribution < -0.4 is 4.74 Å². The summed E-state index contributed by atoms with van der Waals surface area (Å²) >= 11 is 9.23. The van der Waals surface area contributed by atoms with Crippen molar-refractivity contribution in [2.24, 2.45) is 0 Å². The summed E-state index contributed by atoms with van der Waals surface area (Å²) in [5.41, 5.74) is 0.664. The van der Waals surface area contributed by atoms with Crippen LogP contribution in [0.1, 0.15) is 17.3 Å². The largest absolute Gasteiger partial charge is 0.456 e. The minimum atomic E-state index is 0.0363. The summed E-state index contributed by atoms with van der Waals surface area (Å²) in [5.74, 6) is 1.38. The first-order chi connectivity index (χ1) is 8.56. The van der Waals surface area contributed by atoms with Crippen LogP contribution in [0, 0.1) is 0 Å². The highest BCUT2D eigenvalue weighted by molar-refractivity contribution is 9.10. The van der Waals surface area contributed by atoms with Crippen molar-refractivity contribution in [2.45, 2.75) is 6.92 Å². The molecule has 4 heteroatoms.